The van der Waals surface area contributed by atoms with Crippen LogP contribution in [-0.4, -0.2) is 36.2 Å². The first-order chi connectivity index (χ1) is 9.56. The third-order valence-electron chi connectivity index (χ3n) is 3.89. The lowest BCUT2D eigenvalue weighted by molar-refractivity contribution is 0.193. The first-order valence-electron chi connectivity index (χ1n) is 7.16. The van der Waals surface area contributed by atoms with Crippen LogP contribution in [0.3, 0.4) is 0 Å². The Balaban J connectivity index is 1.71. The highest BCUT2D eigenvalue weighted by atomic mass is 19.1. The number of phenols is 1. The predicted molar refractivity (Wildman–Crippen MR) is 74.6 cm³/mol. The van der Waals surface area contributed by atoms with Crippen LogP contribution in [0.25, 0.3) is 0 Å². The second-order valence-electron chi connectivity index (χ2n) is 5.61. The fraction of sp³-hybridized carbons (Fsp3) is 0.600. The van der Waals surface area contributed by atoms with E-state index in [4.69, 9.17) is 5.11 Å². The summed E-state index contributed by atoms with van der Waals surface area (Å²) in [5.41, 5.74) is 0.505. The van der Waals surface area contributed by atoms with E-state index in [1.165, 1.54) is 12.8 Å². The molecule has 1 heterocycles. The molecule has 3 nitrogen and oxygen atoms in total. The molecule has 1 aromatic carbocycles. The summed E-state index contributed by atoms with van der Waals surface area (Å²) in [6, 6.07) is 2.32. The third-order valence-corrected chi connectivity index (χ3v) is 3.89. The third kappa shape index (κ3) is 4.15. The number of phenolic OH excluding ortho intramolecular Hbond substituents is 1. The maximum atomic E-state index is 13.2. The van der Waals surface area contributed by atoms with Crippen molar-refractivity contribution in [3.8, 4) is 5.75 Å². The quantitative estimate of drug-likeness (QED) is 0.816. The zero-order valence-electron chi connectivity index (χ0n) is 11.8. The van der Waals surface area contributed by atoms with E-state index in [2.05, 4.69) is 17.1 Å². The van der Waals surface area contributed by atoms with Gasteiger partial charge in [-0.1, -0.05) is 6.92 Å². The number of halogens is 2. The van der Waals surface area contributed by atoms with Crippen molar-refractivity contribution in [3.05, 3.63) is 29.3 Å². The molecular formula is C15H22F2N2O. The highest BCUT2D eigenvalue weighted by molar-refractivity contribution is 5.29. The molecule has 112 valence electrons. The van der Waals surface area contributed by atoms with Gasteiger partial charge in [-0.25, -0.2) is 8.78 Å². The number of hydrogen-bond acceptors (Lipinski definition) is 3. The van der Waals surface area contributed by atoms with Gasteiger partial charge in [0.2, 0.25) is 0 Å². The highest BCUT2D eigenvalue weighted by Crippen LogP contribution is 2.21. The topological polar surface area (TPSA) is 35.5 Å². The van der Waals surface area contributed by atoms with Crippen molar-refractivity contribution in [3.63, 3.8) is 0 Å². The number of rotatable bonds is 5. The monoisotopic (exact) mass is 284 g/mol. The summed E-state index contributed by atoms with van der Waals surface area (Å²) in [6.45, 7) is 6.69. The van der Waals surface area contributed by atoms with Gasteiger partial charge >= 0.3 is 0 Å². The summed E-state index contributed by atoms with van der Waals surface area (Å²) in [7, 11) is 0. The van der Waals surface area contributed by atoms with E-state index >= 15 is 0 Å². The molecule has 20 heavy (non-hydrogen) atoms. The molecular weight excluding hydrogens is 262 g/mol. The van der Waals surface area contributed by atoms with Crippen molar-refractivity contribution in [2.75, 3.05) is 26.2 Å². The molecule has 0 radical (unpaired) electrons. The van der Waals surface area contributed by atoms with Gasteiger partial charge in [0.15, 0.2) is 17.4 Å². The van der Waals surface area contributed by atoms with Crippen molar-refractivity contribution in [2.24, 2.45) is 5.92 Å². The first kappa shape index (κ1) is 15.2. The number of hydrogen-bond donors (Lipinski definition) is 2. The molecule has 1 fully saturated rings. The first-order valence-corrected chi connectivity index (χ1v) is 7.16. The summed E-state index contributed by atoms with van der Waals surface area (Å²) < 4.78 is 26.3. The average molecular weight is 284 g/mol. The molecule has 0 bridgehead atoms. The van der Waals surface area contributed by atoms with Crippen LogP contribution >= 0.6 is 0 Å². The summed E-state index contributed by atoms with van der Waals surface area (Å²) >= 11 is 0. The lowest BCUT2D eigenvalue weighted by Crippen LogP contribution is -2.37. The van der Waals surface area contributed by atoms with Gasteiger partial charge in [0.25, 0.3) is 0 Å². The predicted octanol–water partition coefficient (Wildman–Crippen LogP) is 2.49. The van der Waals surface area contributed by atoms with Crippen LogP contribution < -0.4 is 5.32 Å². The van der Waals surface area contributed by atoms with Crippen molar-refractivity contribution in [2.45, 2.75) is 26.3 Å². The number of likely N-dealkylation sites (tertiary alicyclic amines) is 1. The van der Waals surface area contributed by atoms with Crippen molar-refractivity contribution in [1.29, 1.82) is 0 Å². The zero-order valence-corrected chi connectivity index (χ0v) is 11.8. The van der Waals surface area contributed by atoms with E-state index in [-0.39, 0.29) is 0 Å². The Labute approximate surface area is 118 Å². The molecule has 2 N–H and O–H groups in total. The normalized spacial score (nSPS) is 17.6. The average Bonchev–Trinajstić information content (AvgIpc) is 2.43. The van der Waals surface area contributed by atoms with E-state index < -0.39 is 17.4 Å². The van der Waals surface area contributed by atoms with Gasteiger partial charge < -0.3 is 15.3 Å². The maximum absolute atomic E-state index is 13.2. The Morgan fingerprint density at radius 3 is 2.45 bits per heavy atom. The molecule has 0 unspecified atom stereocenters. The van der Waals surface area contributed by atoms with Gasteiger partial charge in [-0.3, -0.25) is 0 Å². The van der Waals surface area contributed by atoms with Crippen molar-refractivity contribution < 1.29 is 13.9 Å². The summed E-state index contributed by atoms with van der Waals surface area (Å²) in [4.78, 5) is 2.41. The van der Waals surface area contributed by atoms with E-state index in [0.29, 0.717) is 12.1 Å². The number of benzene rings is 1. The molecule has 0 atom stereocenters. The van der Waals surface area contributed by atoms with Crippen molar-refractivity contribution in [1.82, 2.24) is 10.2 Å². The van der Waals surface area contributed by atoms with Gasteiger partial charge in [-0.15, -0.1) is 0 Å². The number of nitrogens with zero attached hydrogens (tertiary/aromatic N) is 1. The molecule has 1 aromatic rings. The molecule has 0 aliphatic carbocycles. The molecule has 0 spiro atoms. The Morgan fingerprint density at radius 1 is 1.25 bits per heavy atom. The Kier molecular flexibility index (Phi) is 5.31. The summed E-state index contributed by atoms with van der Waals surface area (Å²) in [5.74, 6) is -1.91. The van der Waals surface area contributed by atoms with Crippen LogP contribution in [0.2, 0.25) is 0 Å². The number of piperidine rings is 1. The van der Waals surface area contributed by atoms with Crippen LogP contribution in [0.5, 0.6) is 5.75 Å². The zero-order chi connectivity index (χ0) is 14.5. The van der Waals surface area contributed by atoms with Crippen LogP contribution in [0.1, 0.15) is 25.3 Å². The fourth-order valence-corrected chi connectivity index (χ4v) is 2.48. The van der Waals surface area contributed by atoms with Gasteiger partial charge in [-0.05, 0) is 49.5 Å². The molecule has 0 amide bonds. The van der Waals surface area contributed by atoms with Crippen molar-refractivity contribution >= 4 is 0 Å². The van der Waals surface area contributed by atoms with Gasteiger partial charge in [0.05, 0.1) is 0 Å². The van der Waals surface area contributed by atoms with E-state index in [0.717, 1.165) is 44.2 Å². The van der Waals surface area contributed by atoms with Crippen LogP contribution in [-0.2, 0) is 6.54 Å². The minimum atomic E-state index is -0.910. The smallest absolute Gasteiger partial charge is 0.187 e. The molecule has 1 saturated heterocycles. The van der Waals surface area contributed by atoms with Gasteiger partial charge in [0, 0.05) is 19.6 Å². The Bertz CT molecular complexity index is 422. The van der Waals surface area contributed by atoms with E-state index in [9.17, 15) is 8.78 Å². The second kappa shape index (κ2) is 6.99. The van der Waals surface area contributed by atoms with Gasteiger partial charge in [0.1, 0.15) is 0 Å². The lowest BCUT2D eigenvalue weighted by atomic mass is 9.99. The molecule has 0 saturated carbocycles. The summed E-state index contributed by atoms with van der Waals surface area (Å²) in [5, 5.41) is 12.2. The highest BCUT2D eigenvalue weighted by Gasteiger charge is 2.14. The SMILES string of the molecule is CC1CCN(CCNCc2cc(F)c(O)c(F)c2)CC1. The molecule has 0 aromatic heterocycles. The molecule has 1 aliphatic heterocycles. The fourth-order valence-electron chi connectivity index (χ4n) is 2.48. The minimum Gasteiger partial charge on any atom is -0.503 e. The summed E-state index contributed by atoms with van der Waals surface area (Å²) in [6.07, 6.45) is 2.49. The second-order valence-corrected chi connectivity index (χ2v) is 5.61. The van der Waals surface area contributed by atoms with Crippen LogP contribution in [0.15, 0.2) is 12.1 Å². The number of aromatic hydroxyl groups is 1. The number of nitrogens with one attached hydrogen (secondary N) is 1. The van der Waals surface area contributed by atoms with E-state index in [1.54, 1.807) is 0 Å². The largest absolute Gasteiger partial charge is 0.503 e. The molecule has 2 rings (SSSR count). The van der Waals surface area contributed by atoms with Gasteiger partial charge in [-0.2, -0.15) is 0 Å². The molecule has 5 heteroatoms. The van der Waals surface area contributed by atoms with E-state index in [1.807, 2.05) is 0 Å². The maximum Gasteiger partial charge on any atom is 0.187 e. The Hall–Kier alpha value is -1.20. The standard InChI is InChI=1S/C15H22F2N2O/c1-11-2-5-19(6-3-11)7-4-18-10-12-8-13(16)15(20)14(17)9-12/h8-9,11,18,20H,2-7,10H2,1H3. The Morgan fingerprint density at radius 2 is 1.85 bits per heavy atom. The van der Waals surface area contributed by atoms with Crippen LogP contribution in [0.4, 0.5) is 8.78 Å². The van der Waals surface area contributed by atoms with Crippen LogP contribution in [0, 0.1) is 17.6 Å². The minimum absolute atomic E-state index is 0.401. The molecule has 1 aliphatic rings. The lowest BCUT2D eigenvalue weighted by Gasteiger charge is -2.30.